The van der Waals surface area contributed by atoms with Crippen LogP contribution in [0.15, 0.2) is 53.8 Å². The Morgan fingerprint density at radius 1 is 1.06 bits per heavy atom. The maximum absolute atomic E-state index is 14.2. The van der Waals surface area contributed by atoms with E-state index in [-0.39, 0.29) is 17.1 Å². The van der Waals surface area contributed by atoms with Gasteiger partial charge < -0.3 is 9.88 Å². The molecule has 7 nitrogen and oxygen atoms in total. The minimum atomic E-state index is -4.07. The third-order valence-electron chi connectivity index (χ3n) is 4.74. The summed E-state index contributed by atoms with van der Waals surface area (Å²) < 4.78 is 70.0. The molecule has 4 rings (SSSR count). The van der Waals surface area contributed by atoms with Gasteiger partial charge in [0.15, 0.2) is 11.6 Å². The molecule has 0 saturated heterocycles. The van der Waals surface area contributed by atoms with Crippen molar-refractivity contribution in [2.75, 3.05) is 5.32 Å². The number of aromatic nitrogens is 2. The molecule has 162 valence electrons. The van der Waals surface area contributed by atoms with Crippen molar-refractivity contribution in [2.24, 2.45) is 0 Å². The van der Waals surface area contributed by atoms with Crippen molar-refractivity contribution in [3.8, 4) is 0 Å². The Bertz CT molecular complexity index is 1260. The van der Waals surface area contributed by atoms with E-state index >= 15 is 0 Å². The van der Waals surface area contributed by atoms with Crippen molar-refractivity contribution in [3.63, 3.8) is 0 Å². The van der Waals surface area contributed by atoms with E-state index in [1.807, 2.05) is 4.57 Å². The van der Waals surface area contributed by atoms with Gasteiger partial charge in [0, 0.05) is 24.0 Å². The van der Waals surface area contributed by atoms with Crippen molar-refractivity contribution in [1.82, 2.24) is 14.3 Å². The Morgan fingerprint density at radius 2 is 1.81 bits per heavy atom. The van der Waals surface area contributed by atoms with Crippen molar-refractivity contribution in [1.29, 1.82) is 0 Å². The summed E-state index contributed by atoms with van der Waals surface area (Å²) in [7, 11) is -4.07. The van der Waals surface area contributed by atoms with E-state index < -0.39 is 38.9 Å². The summed E-state index contributed by atoms with van der Waals surface area (Å²) in [6, 6.07) is 5.77. The average Bonchev–Trinajstić information content (AvgIpc) is 3.47. The molecule has 1 fully saturated rings. The highest BCUT2D eigenvalue weighted by Crippen LogP contribution is 2.34. The number of benzene rings is 2. The molecule has 1 heterocycles. The zero-order valence-corrected chi connectivity index (χ0v) is 16.8. The van der Waals surface area contributed by atoms with Crippen molar-refractivity contribution in [3.05, 3.63) is 77.6 Å². The molecule has 1 aliphatic carbocycles. The Hall–Kier alpha value is -3.18. The smallest absolute Gasteiger partial charge is 0.258 e. The lowest BCUT2D eigenvalue weighted by Crippen LogP contribution is -2.24. The van der Waals surface area contributed by atoms with Gasteiger partial charge in [-0.25, -0.2) is 31.3 Å². The summed E-state index contributed by atoms with van der Waals surface area (Å²) in [5.41, 5.74) is -0.152. The quantitative estimate of drug-likeness (QED) is 0.577. The highest BCUT2D eigenvalue weighted by molar-refractivity contribution is 7.89. The number of nitrogens with one attached hydrogen (secondary N) is 2. The van der Waals surface area contributed by atoms with Gasteiger partial charge in [0.25, 0.3) is 5.91 Å². The fourth-order valence-corrected chi connectivity index (χ4v) is 3.94. The first-order valence-electron chi connectivity index (χ1n) is 9.31. The zero-order chi connectivity index (χ0) is 22.2. The summed E-state index contributed by atoms with van der Waals surface area (Å²) in [5.74, 6) is -4.28. The molecule has 2 N–H and O–H groups in total. The Labute approximate surface area is 176 Å². The maximum Gasteiger partial charge on any atom is 0.258 e. The molecule has 31 heavy (non-hydrogen) atoms. The lowest BCUT2D eigenvalue weighted by Gasteiger charge is -2.10. The van der Waals surface area contributed by atoms with Crippen LogP contribution in [0.3, 0.4) is 0 Å². The molecule has 2 aromatic carbocycles. The van der Waals surface area contributed by atoms with Gasteiger partial charge in [-0.05, 0) is 43.2 Å². The second-order valence-electron chi connectivity index (χ2n) is 7.09. The number of nitrogens with zero attached hydrogens (tertiary/aromatic N) is 2. The highest BCUT2D eigenvalue weighted by atomic mass is 32.2. The topological polar surface area (TPSA) is 93.1 Å². The van der Waals surface area contributed by atoms with Crippen LogP contribution in [0, 0.1) is 17.5 Å². The van der Waals surface area contributed by atoms with Gasteiger partial charge in [-0.1, -0.05) is 0 Å². The Kier molecular flexibility index (Phi) is 5.54. The molecule has 0 unspecified atom stereocenters. The van der Waals surface area contributed by atoms with Gasteiger partial charge in [0.1, 0.15) is 5.82 Å². The number of hydrogen-bond acceptors (Lipinski definition) is 4. The van der Waals surface area contributed by atoms with E-state index in [2.05, 4.69) is 15.0 Å². The van der Waals surface area contributed by atoms with E-state index in [0.29, 0.717) is 11.7 Å². The van der Waals surface area contributed by atoms with Gasteiger partial charge in [-0.3, -0.25) is 4.79 Å². The van der Waals surface area contributed by atoms with E-state index in [9.17, 15) is 26.4 Å². The summed E-state index contributed by atoms with van der Waals surface area (Å²) in [6.07, 6.45) is 5.52. The summed E-state index contributed by atoms with van der Waals surface area (Å²) in [5, 5.41) is 2.21. The fourth-order valence-electron chi connectivity index (χ4n) is 2.91. The number of carbonyl (C=O) groups is 1. The number of carbonyl (C=O) groups excluding carboxylic acids is 1. The van der Waals surface area contributed by atoms with Crippen LogP contribution in [0.2, 0.25) is 0 Å². The molecular weight excluding hydrogens is 433 g/mol. The molecule has 0 bridgehead atoms. The molecule has 3 aromatic rings. The lowest BCUT2D eigenvalue weighted by molar-refractivity contribution is 0.102. The molecule has 1 saturated carbocycles. The summed E-state index contributed by atoms with van der Waals surface area (Å²) in [4.78, 5) is 16.2. The molecule has 0 radical (unpaired) electrons. The first-order valence-corrected chi connectivity index (χ1v) is 10.8. The molecule has 1 amide bonds. The molecule has 1 aliphatic rings. The SMILES string of the molecule is O=C(Nc1ccc(F)c(F)c1)c1cc(S(=O)(=O)NCc2cn(C3CC3)cn2)ccc1F. The fraction of sp³-hybridized carbons (Fsp3) is 0.200. The van der Waals surface area contributed by atoms with Crippen LogP contribution in [-0.4, -0.2) is 23.9 Å². The average molecular weight is 450 g/mol. The Balaban J connectivity index is 1.49. The van der Waals surface area contributed by atoms with Crippen molar-refractivity contribution in [2.45, 2.75) is 30.3 Å². The van der Waals surface area contributed by atoms with Gasteiger partial charge in [-0.15, -0.1) is 0 Å². The van der Waals surface area contributed by atoms with Crippen molar-refractivity contribution >= 4 is 21.6 Å². The molecule has 0 atom stereocenters. The predicted molar refractivity (Wildman–Crippen MR) is 105 cm³/mol. The highest BCUT2D eigenvalue weighted by Gasteiger charge is 2.24. The standard InChI is InChI=1S/C20H17F3N4O3S/c21-17-6-4-15(8-16(17)20(28)26-12-1-5-18(22)19(23)7-12)31(29,30)25-9-13-10-27(11-24-13)14-2-3-14/h1,4-8,10-11,14,25H,2-3,9H2,(H,26,28). The van der Waals surface area contributed by atoms with Crippen LogP contribution < -0.4 is 10.0 Å². The number of sulfonamides is 1. The maximum atomic E-state index is 14.2. The van der Waals surface area contributed by atoms with E-state index in [1.54, 1.807) is 12.5 Å². The van der Waals surface area contributed by atoms with Gasteiger partial charge >= 0.3 is 0 Å². The molecular formula is C20H17F3N4O3S. The van der Waals surface area contributed by atoms with Gasteiger partial charge in [0.2, 0.25) is 10.0 Å². The molecule has 0 spiro atoms. The number of hydrogen-bond donors (Lipinski definition) is 2. The first-order chi connectivity index (χ1) is 14.7. The summed E-state index contributed by atoms with van der Waals surface area (Å²) in [6.45, 7) is -0.0736. The van der Waals surface area contributed by atoms with E-state index in [1.165, 1.54) is 0 Å². The van der Waals surface area contributed by atoms with Crippen LogP contribution in [0.1, 0.15) is 34.9 Å². The zero-order valence-electron chi connectivity index (χ0n) is 16.0. The summed E-state index contributed by atoms with van der Waals surface area (Å²) >= 11 is 0. The molecule has 1 aromatic heterocycles. The second kappa shape index (κ2) is 8.16. The molecule has 11 heteroatoms. The lowest BCUT2D eigenvalue weighted by atomic mass is 10.2. The van der Waals surface area contributed by atoms with Crippen LogP contribution in [0.25, 0.3) is 0 Å². The van der Waals surface area contributed by atoms with E-state index in [0.717, 1.165) is 49.2 Å². The minimum Gasteiger partial charge on any atom is -0.334 e. The normalized spacial score (nSPS) is 13.9. The second-order valence-corrected chi connectivity index (χ2v) is 8.86. The number of anilines is 1. The molecule has 0 aliphatic heterocycles. The van der Waals surface area contributed by atoms with Crippen LogP contribution in [0.4, 0.5) is 18.9 Å². The first kappa shape index (κ1) is 21.1. The van der Waals surface area contributed by atoms with Crippen molar-refractivity contribution < 1.29 is 26.4 Å². The number of imidazole rings is 1. The van der Waals surface area contributed by atoms with E-state index in [4.69, 9.17) is 0 Å². The third kappa shape index (κ3) is 4.78. The third-order valence-corrected chi connectivity index (χ3v) is 6.14. The number of amides is 1. The monoisotopic (exact) mass is 450 g/mol. The number of rotatable bonds is 7. The van der Waals surface area contributed by atoms with Gasteiger partial charge in [-0.2, -0.15) is 0 Å². The number of halogens is 3. The van der Waals surface area contributed by atoms with Crippen LogP contribution >= 0.6 is 0 Å². The minimum absolute atomic E-state index is 0.0736. The Morgan fingerprint density at radius 3 is 2.52 bits per heavy atom. The predicted octanol–water partition coefficient (Wildman–Crippen LogP) is 3.37. The van der Waals surface area contributed by atoms with Gasteiger partial charge in [0.05, 0.1) is 29.0 Å². The van der Waals surface area contributed by atoms with Crippen LogP contribution in [0.5, 0.6) is 0 Å². The van der Waals surface area contributed by atoms with Crippen LogP contribution in [-0.2, 0) is 16.6 Å². The largest absolute Gasteiger partial charge is 0.334 e.